The topological polar surface area (TPSA) is 64.8 Å². The minimum absolute atomic E-state index is 0.187. The minimum Gasteiger partial charge on any atom is -0.379 e. The third kappa shape index (κ3) is 7.22. The van der Waals surface area contributed by atoms with E-state index in [1.54, 1.807) is 0 Å². The molecule has 1 fully saturated rings. The first-order chi connectivity index (χ1) is 9.63. The van der Waals surface area contributed by atoms with Crippen molar-refractivity contribution >= 4 is 5.91 Å². The molecule has 0 saturated carbocycles. The monoisotopic (exact) mass is 286 g/mol. The van der Waals surface area contributed by atoms with Crippen LogP contribution in [-0.4, -0.2) is 55.9 Å². The van der Waals surface area contributed by atoms with Crippen LogP contribution in [0.5, 0.6) is 0 Å². The molecule has 1 rings (SSSR count). The average molecular weight is 286 g/mol. The number of carbonyl (C=O) groups excluding carboxylic acids is 1. The molecule has 1 heterocycles. The number of ether oxygens (including phenoxy) is 2. The zero-order valence-corrected chi connectivity index (χ0v) is 13.0. The summed E-state index contributed by atoms with van der Waals surface area (Å²) >= 11 is 0. The molecule has 1 aliphatic heterocycles. The predicted octanol–water partition coefficient (Wildman–Crippen LogP) is 1.55. The summed E-state index contributed by atoms with van der Waals surface area (Å²) in [6.07, 6.45) is 4.58. The highest BCUT2D eigenvalue weighted by atomic mass is 16.5. The van der Waals surface area contributed by atoms with Gasteiger partial charge in [0, 0.05) is 32.2 Å². The predicted molar refractivity (Wildman–Crippen MR) is 79.5 cm³/mol. The highest BCUT2D eigenvalue weighted by Gasteiger charge is 2.22. The van der Waals surface area contributed by atoms with E-state index in [1.807, 2.05) is 18.7 Å². The molecule has 0 bridgehead atoms. The summed E-state index contributed by atoms with van der Waals surface area (Å²) in [6.45, 7) is 7.64. The molecule has 1 atom stereocenters. The van der Waals surface area contributed by atoms with Gasteiger partial charge in [-0.3, -0.25) is 4.79 Å². The normalized spacial score (nSPS) is 18.2. The van der Waals surface area contributed by atoms with Crippen molar-refractivity contribution < 1.29 is 14.3 Å². The van der Waals surface area contributed by atoms with Crippen molar-refractivity contribution in [1.82, 2.24) is 4.90 Å². The van der Waals surface area contributed by atoms with Gasteiger partial charge >= 0.3 is 0 Å². The molecule has 0 aromatic heterocycles. The molecule has 0 radical (unpaired) electrons. The van der Waals surface area contributed by atoms with E-state index < -0.39 is 0 Å². The Balaban J connectivity index is 2.10. The van der Waals surface area contributed by atoms with E-state index >= 15 is 0 Å². The van der Waals surface area contributed by atoms with Crippen molar-refractivity contribution in [2.45, 2.75) is 58.1 Å². The number of likely N-dealkylation sites (tertiary alicyclic amines) is 1. The SMILES string of the molecule is CCOCCOC1CCN(C(=O)CCCC(C)N)CC1. The van der Waals surface area contributed by atoms with Crippen molar-refractivity contribution in [2.24, 2.45) is 5.73 Å². The van der Waals surface area contributed by atoms with Crippen molar-refractivity contribution in [1.29, 1.82) is 0 Å². The molecule has 5 nitrogen and oxygen atoms in total. The van der Waals surface area contributed by atoms with Gasteiger partial charge in [0.25, 0.3) is 0 Å². The Morgan fingerprint density at radius 2 is 2.05 bits per heavy atom. The fourth-order valence-corrected chi connectivity index (χ4v) is 2.42. The lowest BCUT2D eigenvalue weighted by Gasteiger charge is -2.32. The van der Waals surface area contributed by atoms with Crippen molar-refractivity contribution in [3.8, 4) is 0 Å². The maximum absolute atomic E-state index is 12.0. The van der Waals surface area contributed by atoms with Gasteiger partial charge in [0.15, 0.2) is 0 Å². The van der Waals surface area contributed by atoms with Crippen molar-refractivity contribution in [2.75, 3.05) is 32.9 Å². The van der Waals surface area contributed by atoms with Gasteiger partial charge in [-0.1, -0.05) is 0 Å². The van der Waals surface area contributed by atoms with Crippen LogP contribution < -0.4 is 5.73 Å². The maximum Gasteiger partial charge on any atom is 0.222 e. The number of hydrogen-bond acceptors (Lipinski definition) is 4. The second-order valence-corrected chi connectivity index (χ2v) is 5.52. The van der Waals surface area contributed by atoms with Crippen LogP contribution in [0.2, 0.25) is 0 Å². The molecule has 5 heteroatoms. The van der Waals surface area contributed by atoms with Crippen molar-refractivity contribution in [3.63, 3.8) is 0 Å². The largest absolute Gasteiger partial charge is 0.379 e. The second-order valence-electron chi connectivity index (χ2n) is 5.52. The number of piperidine rings is 1. The lowest BCUT2D eigenvalue weighted by atomic mass is 10.1. The van der Waals surface area contributed by atoms with Crippen molar-refractivity contribution in [3.05, 3.63) is 0 Å². The zero-order valence-electron chi connectivity index (χ0n) is 13.0. The van der Waals surface area contributed by atoms with Crippen LogP contribution in [0.25, 0.3) is 0 Å². The van der Waals surface area contributed by atoms with E-state index in [9.17, 15) is 4.79 Å². The van der Waals surface area contributed by atoms with Gasteiger partial charge < -0.3 is 20.1 Å². The van der Waals surface area contributed by atoms with E-state index in [-0.39, 0.29) is 18.1 Å². The first-order valence-electron chi connectivity index (χ1n) is 7.86. The van der Waals surface area contributed by atoms with E-state index in [1.165, 1.54) is 0 Å². The molecule has 2 N–H and O–H groups in total. The van der Waals surface area contributed by atoms with Gasteiger partial charge in [-0.05, 0) is 39.5 Å². The molecular weight excluding hydrogens is 256 g/mol. The van der Waals surface area contributed by atoms with Gasteiger partial charge in [-0.2, -0.15) is 0 Å². The fraction of sp³-hybridized carbons (Fsp3) is 0.933. The summed E-state index contributed by atoms with van der Waals surface area (Å²) in [6, 6.07) is 0.187. The highest BCUT2D eigenvalue weighted by molar-refractivity contribution is 5.76. The van der Waals surface area contributed by atoms with Crippen LogP contribution in [0, 0.1) is 0 Å². The summed E-state index contributed by atoms with van der Waals surface area (Å²) in [5.41, 5.74) is 5.69. The number of carbonyl (C=O) groups is 1. The van der Waals surface area contributed by atoms with Crippen LogP contribution in [0.15, 0.2) is 0 Å². The number of hydrogen-bond donors (Lipinski definition) is 1. The van der Waals surface area contributed by atoms with Crippen LogP contribution in [0.1, 0.15) is 46.0 Å². The Kier molecular flexibility index (Phi) is 8.82. The van der Waals surface area contributed by atoms with E-state index in [0.29, 0.717) is 19.6 Å². The van der Waals surface area contributed by atoms with Gasteiger partial charge in [-0.25, -0.2) is 0 Å². The summed E-state index contributed by atoms with van der Waals surface area (Å²) < 4.78 is 11.0. The summed E-state index contributed by atoms with van der Waals surface area (Å²) in [7, 11) is 0. The van der Waals surface area contributed by atoms with Crippen LogP contribution >= 0.6 is 0 Å². The van der Waals surface area contributed by atoms with Crippen LogP contribution in [0.3, 0.4) is 0 Å². The molecule has 1 aliphatic rings. The highest BCUT2D eigenvalue weighted by Crippen LogP contribution is 2.15. The third-order valence-corrected chi connectivity index (χ3v) is 3.63. The van der Waals surface area contributed by atoms with E-state index in [0.717, 1.165) is 45.4 Å². The molecule has 118 valence electrons. The van der Waals surface area contributed by atoms with Gasteiger partial charge in [0.05, 0.1) is 19.3 Å². The van der Waals surface area contributed by atoms with Crippen LogP contribution in [-0.2, 0) is 14.3 Å². The molecule has 1 unspecified atom stereocenters. The Morgan fingerprint density at radius 1 is 1.35 bits per heavy atom. The van der Waals surface area contributed by atoms with E-state index in [2.05, 4.69) is 0 Å². The average Bonchev–Trinajstić information content (AvgIpc) is 2.44. The van der Waals surface area contributed by atoms with Gasteiger partial charge in [0.1, 0.15) is 0 Å². The quantitative estimate of drug-likeness (QED) is 0.653. The van der Waals surface area contributed by atoms with Gasteiger partial charge in [-0.15, -0.1) is 0 Å². The lowest BCUT2D eigenvalue weighted by Crippen LogP contribution is -2.41. The second kappa shape index (κ2) is 10.1. The Morgan fingerprint density at radius 3 is 2.65 bits per heavy atom. The molecule has 1 amide bonds. The molecule has 0 aliphatic carbocycles. The summed E-state index contributed by atoms with van der Waals surface area (Å²) in [5.74, 6) is 0.262. The molecular formula is C15H30N2O3. The Hall–Kier alpha value is -0.650. The maximum atomic E-state index is 12.0. The standard InChI is InChI=1S/C15H30N2O3/c1-3-19-11-12-20-14-7-9-17(10-8-14)15(18)6-4-5-13(2)16/h13-14H,3-12,16H2,1-2H3. The zero-order chi connectivity index (χ0) is 14.8. The number of nitrogens with two attached hydrogens (primary N) is 1. The molecule has 0 aromatic carbocycles. The smallest absolute Gasteiger partial charge is 0.222 e. The fourth-order valence-electron chi connectivity index (χ4n) is 2.42. The molecule has 0 spiro atoms. The molecule has 1 saturated heterocycles. The Labute approximate surface area is 122 Å². The van der Waals surface area contributed by atoms with Crippen LogP contribution in [0.4, 0.5) is 0 Å². The first-order valence-corrected chi connectivity index (χ1v) is 7.86. The number of amides is 1. The van der Waals surface area contributed by atoms with Gasteiger partial charge in [0.2, 0.25) is 5.91 Å². The first kappa shape index (κ1) is 17.4. The summed E-state index contributed by atoms with van der Waals surface area (Å²) in [5, 5.41) is 0. The number of nitrogens with zero attached hydrogens (tertiary/aromatic N) is 1. The lowest BCUT2D eigenvalue weighted by molar-refractivity contribution is -0.134. The minimum atomic E-state index is 0.187. The van der Waals surface area contributed by atoms with E-state index in [4.69, 9.17) is 15.2 Å². The summed E-state index contributed by atoms with van der Waals surface area (Å²) in [4.78, 5) is 14.0. The molecule has 20 heavy (non-hydrogen) atoms. The Bertz CT molecular complexity index is 264. The molecule has 0 aromatic rings. The number of rotatable bonds is 9. The third-order valence-electron chi connectivity index (χ3n) is 3.63.